The maximum absolute atomic E-state index is 6.08. The van der Waals surface area contributed by atoms with Crippen molar-refractivity contribution in [3.63, 3.8) is 0 Å². The van der Waals surface area contributed by atoms with Gasteiger partial charge in [-0.05, 0) is 43.5 Å². The third-order valence-electron chi connectivity index (χ3n) is 2.83. The minimum atomic E-state index is 0.306. The van der Waals surface area contributed by atoms with Crippen LogP contribution in [0.2, 0.25) is 5.02 Å². The van der Waals surface area contributed by atoms with Crippen LogP contribution in [0, 0.1) is 0 Å². The zero-order valence-corrected chi connectivity index (χ0v) is 12.8. The summed E-state index contributed by atoms with van der Waals surface area (Å²) in [7, 11) is 0. The first-order chi connectivity index (χ1) is 9.63. The van der Waals surface area contributed by atoms with Gasteiger partial charge in [0.25, 0.3) is 0 Å². The fourth-order valence-corrected chi connectivity index (χ4v) is 2.83. The molecule has 20 heavy (non-hydrogen) atoms. The highest BCUT2D eigenvalue weighted by molar-refractivity contribution is 7.13. The van der Waals surface area contributed by atoms with Crippen molar-refractivity contribution in [1.82, 2.24) is 9.97 Å². The van der Waals surface area contributed by atoms with E-state index >= 15 is 0 Å². The van der Waals surface area contributed by atoms with Gasteiger partial charge >= 0.3 is 0 Å². The molecule has 3 aromatic rings. The van der Waals surface area contributed by atoms with Gasteiger partial charge in [-0.15, -0.1) is 11.3 Å². The fourth-order valence-electron chi connectivity index (χ4n) is 2.00. The summed E-state index contributed by atoms with van der Waals surface area (Å²) in [6, 6.07) is 10.0. The lowest BCUT2D eigenvalue weighted by atomic mass is 10.2. The monoisotopic (exact) mass is 303 g/mol. The molecule has 5 heteroatoms. The van der Waals surface area contributed by atoms with E-state index in [2.05, 4.69) is 29.1 Å². The minimum absolute atomic E-state index is 0.306. The van der Waals surface area contributed by atoms with Crippen molar-refractivity contribution in [2.24, 2.45) is 0 Å². The van der Waals surface area contributed by atoms with Crippen molar-refractivity contribution < 1.29 is 0 Å². The summed E-state index contributed by atoms with van der Waals surface area (Å²) in [5, 5.41) is 7.08. The third kappa shape index (κ3) is 2.62. The van der Waals surface area contributed by atoms with Crippen molar-refractivity contribution in [3.8, 4) is 10.7 Å². The van der Waals surface area contributed by atoms with Gasteiger partial charge < -0.3 is 5.32 Å². The number of benzene rings is 1. The number of fused-ring (bicyclic) bond motifs is 1. The molecule has 0 aliphatic heterocycles. The number of hydrogen-bond donors (Lipinski definition) is 1. The quantitative estimate of drug-likeness (QED) is 0.753. The molecule has 0 saturated carbocycles. The van der Waals surface area contributed by atoms with Gasteiger partial charge in [0.1, 0.15) is 5.82 Å². The summed E-state index contributed by atoms with van der Waals surface area (Å²) in [6.45, 7) is 4.18. The van der Waals surface area contributed by atoms with Gasteiger partial charge in [0, 0.05) is 16.5 Å². The van der Waals surface area contributed by atoms with Crippen LogP contribution in [0.1, 0.15) is 13.8 Å². The molecule has 0 amide bonds. The summed E-state index contributed by atoms with van der Waals surface area (Å²) in [5.74, 6) is 1.59. The van der Waals surface area contributed by atoms with Gasteiger partial charge in [0.15, 0.2) is 5.82 Å². The predicted molar refractivity (Wildman–Crippen MR) is 86.6 cm³/mol. The molecule has 0 radical (unpaired) electrons. The molecule has 0 unspecified atom stereocenters. The van der Waals surface area contributed by atoms with Crippen molar-refractivity contribution >= 4 is 39.7 Å². The van der Waals surface area contributed by atoms with Crippen LogP contribution in [0.25, 0.3) is 21.6 Å². The number of nitrogens with one attached hydrogen (secondary N) is 1. The van der Waals surface area contributed by atoms with E-state index in [1.807, 2.05) is 35.7 Å². The Hall–Kier alpha value is -1.65. The van der Waals surface area contributed by atoms with Gasteiger partial charge in [-0.3, -0.25) is 0 Å². The van der Waals surface area contributed by atoms with Crippen LogP contribution in [0.4, 0.5) is 5.82 Å². The Kier molecular flexibility index (Phi) is 3.59. The minimum Gasteiger partial charge on any atom is -0.367 e. The Morgan fingerprint density at radius 3 is 2.75 bits per heavy atom. The van der Waals surface area contributed by atoms with Gasteiger partial charge in [-0.25, -0.2) is 9.97 Å². The molecule has 3 nitrogen and oxygen atoms in total. The van der Waals surface area contributed by atoms with Crippen LogP contribution in [-0.2, 0) is 0 Å². The molecule has 1 aromatic carbocycles. The molecule has 0 fully saturated rings. The van der Waals surface area contributed by atoms with E-state index in [0.717, 1.165) is 27.4 Å². The molecular weight excluding hydrogens is 290 g/mol. The smallest absolute Gasteiger partial charge is 0.172 e. The van der Waals surface area contributed by atoms with Crippen molar-refractivity contribution in [3.05, 3.63) is 40.7 Å². The SMILES string of the molecule is CC(C)Nc1nc(-c2cccs2)nc2cc(Cl)ccc12. The van der Waals surface area contributed by atoms with E-state index in [1.165, 1.54) is 0 Å². The molecule has 0 spiro atoms. The Balaban J connectivity index is 2.23. The Morgan fingerprint density at radius 2 is 2.05 bits per heavy atom. The average molecular weight is 304 g/mol. The lowest BCUT2D eigenvalue weighted by molar-refractivity contribution is 0.891. The van der Waals surface area contributed by atoms with Gasteiger partial charge in [-0.2, -0.15) is 0 Å². The molecule has 0 atom stereocenters. The normalized spacial score (nSPS) is 11.2. The summed E-state index contributed by atoms with van der Waals surface area (Å²) >= 11 is 7.71. The van der Waals surface area contributed by atoms with Gasteiger partial charge in [0.05, 0.1) is 10.4 Å². The zero-order chi connectivity index (χ0) is 14.1. The molecule has 102 valence electrons. The van der Waals surface area contributed by atoms with Crippen LogP contribution < -0.4 is 5.32 Å². The standard InChI is InChI=1S/C15H14ClN3S/c1-9(2)17-14-11-6-5-10(16)8-12(11)18-15(19-14)13-4-3-7-20-13/h3-9H,1-2H3,(H,17,18,19). The van der Waals surface area contributed by atoms with Crippen LogP contribution in [0.5, 0.6) is 0 Å². The number of halogens is 1. The van der Waals surface area contributed by atoms with Gasteiger partial charge in [-0.1, -0.05) is 17.7 Å². The Morgan fingerprint density at radius 1 is 1.20 bits per heavy atom. The number of hydrogen-bond acceptors (Lipinski definition) is 4. The summed E-state index contributed by atoms with van der Waals surface area (Å²) in [4.78, 5) is 10.3. The molecule has 1 N–H and O–H groups in total. The fraction of sp³-hybridized carbons (Fsp3) is 0.200. The molecule has 0 aliphatic rings. The molecule has 2 aromatic heterocycles. The predicted octanol–water partition coefficient (Wildman–Crippen LogP) is 4.83. The number of nitrogens with zero attached hydrogens (tertiary/aromatic N) is 2. The van der Waals surface area contributed by atoms with Crippen LogP contribution in [0.3, 0.4) is 0 Å². The van der Waals surface area contributed by atoms with Crippen molar-refractivity contribution in [1.29, 1.82) is 0 Å². The molecular formula is C15H14ClN3S. The second-order valence-electron chi connectivity index (χ2n) is 4.83. The van der Waals surface area contributed by atoms with E-state index in [0.29, 0.717) is 11.1 Å². The molecule has 3 rings (SSSR count). The second-order valence-corrected chi connectivity index (χ2v) is 6.22. The number of aromatic nitrogens is 2. The molecule has 0 saturated heterocycles. The first-order valence-corrected chi connectivity index (χ1v) is 7.67. The maximum atomic E-state index is 6.08. The summed E-state index contributed by atoms with van der Waals surface area (Å²) < 4.78 is 0. The highest BCUT2D eigenvalue weighted by Gasteiger charge is 2.11. The number of rotatable bonds is 3. The topological polar surface area (TPSA) is 37.8 Å². The molecule has 0 aliphatic carbocycles. The van der Waals surface area contributed by atoms with E-state index in [-0.39, 0.29) is 0 Å². The number of anilines is 1. The summed E-state index contributed by atoms with van der Waals surface area (Å²) in [6.07, 6.45) is 0. The van der Waals surface area contributed by atoms with Crippen LogP contribution in [0.15, 0.2) is 35.7 Å². The first kappa shape index (κ1) is 13.3. The van der Waals surface area contributed by atoms with Crippen molar-refractivity contribution in [2.75, 3.05) is 5.32 Å². The van der Waals surface area contributed by atoms with E-state index in [4.69, 9.17) is 11.6 Å². The average Bonchev–Trinajstić information content (AvgIpc) is 2.91. The maximum Gasteiger partial charge on any atom is 0.172 e. The zero-order valence-electron chi connectivity index (χ0n) is 11.2. The van der Waals surface area contributed by atoms with Gasteiger partial charge in [0.2, 0.25) is 0 Å². The Labute approximate surface area is 126 Å². The van der Waals surface area contributed by atoms with Crippen molar-refractivity contribution in [2.45, 2.75) is 19.9 Å². The highest BCUT2D eigenvalue weighted by atomic mass is 35.5. The first-order valence-electron chi connectivity index (χ1n) is 6.41. The third-order valence-corrected chi connectivity index (χ3v) is 3.93. The van der Waals surface area contributed by atoms with E-state index in [9.17, 15) is 0 Å². The van der Waals surface area contributed by atoms with Crippen LogP contribution >= 0.6 is 22.9 Å². The lowest BCUT2D eigenvalue weighted by Gasteiger charge is -2.13. The van der Waals surface area contributed by atoms with Crippen LogP contribution in [-0.4, -0.2) is 16.0 Å². The number of thiophene rings is 1. The van der Waals surface area contributed by atoms with E-state index in [1.54, 1.807) is 11.3 Å². The molecule has 0 bridgehead atoms. The lowest BCUT2D eigenvalue weighted by Crippen LogP contribution is -2.12. The Bertz CT molecular complexity index is 738. The second kappa shape index (κ2) is 5.38. The molecule has 2 heterocycles. The highest BCUT2D eigenvalue weighted by Crippen LogP contribution is 2.29. The largest absolute Gasteiger partial charge is 0.367 e. The summed E-state index contributed by atoms with van der Waals surface area (Å²) in [5.41, 5.74) is 0.860. The van der Waals surface area contributed by atoms with E-state index < -0.39 is 0 Å².